The first-order valence-corrected chi connectivity index (χ1v) is 14.4. The normalized spacial score (nSPS) is 16.5. The van der Waals surface area contributed by atoms with Crippen molar-refractivity contribution in [2.24, 2.45) is 5.92 Å². The van der Waals surface area contributed by atoms with Gasteiger partial charge in [-0.3, -0.25) is 4.79 Å². The van der Waals surface area contributed by atoms with Gasteiger partial charge in [0.05, 0.1) is 6.61 Å². The number of aryl methyl sites for hydroxylation is 1. The van der Waals surface area contributed by atoms with Crippen molar-refractivity contribution in [1.82, 2.24) is 0 Å². The van der Waals surface area contributed by atoms with E-state index in [4.69, 9.17) is 9.47 Å². The summed E-state index contributed by atoms with van der Waals surface area (Å²) in [5, 5.41) is 0. The third-order valence-corrected chi connectivity index (χ3v) is 8.00. The third kappa shape index (κ3) is 5.86. The second-order valence-electron chi connectivity index (χ2n) is 10.7. The summed E-state index contributed by atoms with van der Waals surface area (Å²) in [4.78, 5) is 12.7. The molecule has 3 nitrogen and oxygen atoms in total. The van der Waals surface area contributed by atoms with Crippen LogP contribution in [0.5, 0.6) is 0 Å². The van der Waals surface area contributed by atoms with Crippen molar-refractivity contribution in [3.8, 4) is 0 Å². The number of rotatable bonds is 11. The number of hydrogen-bond donors (Lipinski definition) is 0. The first-order valence-electron chi connectivity index (χ1n) is 14.4. The fourth-order valence-electron chi connectivity index (χ4n) is 5.85. The largest absolute Gasteiger partial charge is 0.461 e. The van der Waals surface area contributed by atoms with Crippen LogP contribution in [0.15, 0.2) is 146 Å². The molecule has 0 aromatic heterocycles. The van der Waals surface area contributed by atoms with E-state index in [0.29, 0.717) is 0 Å². The number of benzene rings is 5. The van der Waals surface area contributed by atoms with E-state index in [1.807, 2.05) is 60.7 Å². The molecule has 1 fully saturated rings. The summed E-state index contributed by atoms with van der Waals surface area (Å²) in [6, 6.07) is 50.1. The van der Waals surface area contributed by atoms with Crippen LogP contribution >= 0.6 is 0 Å². The minimum atomic E-state index is -0.851. The van der Waals surface area contributed by atoms with Crippen LogP contribution in [0.4, 0.5) is 0 Å². The second kappa shape index (κ2) is 12.4. The molecule has 0 spiro atoms. The van der Waals surface area contributed by atoms with Crippen LogP contribution in [0.3, 0.4) is 0 Å². The highest BCUT2D eigenvalue weighted by Gasteiger charge is 2.45. The minimum Gasteiger partial charge on any atom is -0.461 e. The van der Waals surface area contributed by atoms with Gasteiger partial charge in [0.2, 0.25) is 0 Å². The standard InChI is InChI=1S/C38H34O3/c39-37-35(36(41-37)25-24-30-16-13-17-31(27-30)26-29-14-5-1-6-15-29)28-40-38(32-18-7-2-8-19-32,33-20-9-3-10-21-33)34-22-11-4-12-23-34/h1-23,27,35-36H,24-26,28H2/t35-,36-/m1/s1. The zero-order valence-corrected chi connectivity index (χ0v) is 23.1. The minimum absolute atomic E-state index is 0.166. The van der Waals surface area contributed by atoms with E-state index in [9.17, 15) is 4.79 Å². The SMILES string of the molecule is O=C1O[C@H](CCc2cccc(Cc3ccccc3)c2)[C@H]1COC(c1ccccc1)(c1ccccc1)c1ccccc1. The number of esters is 1. The predicted octanol–water partition coefficient (Wildman–Crippen LogP) is 7.76. The van der Waals surface area contributed by atoms with Crippen molar-refractivity contribution < 1.29 is 14.3 Å². The molecule has 0 unspecified atom stereocenters. The quantitative estimate of drug-likeness (QED) is 0.127. The molecule has 0 amide bonds. The molecule has 6 rings (SSSR count). The number of hydrogen-bond acceptors (Lipinski definition) is 3. The van der Waals surface area contributed by atoms with Crippen LogP contribution in [0.25, 0.3) is 0 Å². The van der Waals surface area contributed by atoms with Gasteiger partial charge in [-0.2, -0.15) is 0 Å². The lowest BCUT2D eigenvalue weighted by Gasteiger charge is -2.40. The van der Waals surface area contributed by atoms with Gasteiger partial charge in [-0.25, -0.2) is 0 Å². The fraction of sp³-hybridized carbons (Fsp3) is 0.184. The number of ether oxygens (including phenoxy) is 2. The van der Waals surface area contributed by atoms with E-state index >= 15 is 0 Å². The van der Waals surface area contributed by atoms with E-state index in [1.54, 1.807) is 0 Å². The van der Waals surface area contributed by atoms with Gasteiger partial charge in [0.1, 0.15) is 17.6 Å². The predicted molar refractivity (Wildman–Crippen MR) is 163 cm³/mol. The second-order valence-corrected chi connectivity index (χ2v) is 10.7. The summed E-state index contributed by atoms with van der Waals surface area (Å²) in [6.07, 6.45) is 2.35. The third-order valence-electron chi connectivity index (χ3n) is 8.00. The molecular weight excluding hydrogens is 504 g/mol. The Kier molecular flexibility index (Phi) is 8.06. The summed E-state index contributed by atoms with van der Waals surface area (Å²) >= 11 is 0. The first kappa shape index (κ1) is 26.7. The molecule has 41 heavy (non-hydrogen) atoms. The van der Waals surface area contributed by atoms with E-state index in [1.165, 1.54) is 16.7 Å². The molecule has 5 aromatic rings. The number of cyclic esters (lactones) is 1. The average molecular weight is 539 g/mol. The van der Waals surface area contributed by atoms with E-state index in [-0.39, 0.29) is 24.6 Å². The van der Waals surface area contributed by atoms with Gasteiger partial charge in [0, 0.05) is 0 Å². The van der Waals surface area contributed by atoms with Crippen molar-refractivity contribution in [3.63, 3.8) is 0 Å². The van der Waals surface area contributed by atoms with Crippen molar-refractivity contribution in [3.05, 3.63) is 179 Å². The van der Waals surface area contributed by atoms with Crippen LogP contribution in [0, 0.1) is 5.92 Å². The summed E-state index contributed by atoms with van der Waals surface area (Å²) < 4.78 is 12.6. The summed E-state index contributed by atoms with van der Waals surface area (Å²) in [5.74, 6) is -0.492. The molecule has 0 aliphatic carbocycles. The molecule has 1 aliphatic heterocycles. The van der Waals surface area contributed by atoms with Crippen LogP contribution in [0.2, 0.25) is 0 Å². The zero-order chi connectivity index (χ0) is 27.9. The lowest BCUT2D eigenvalue weighted by molar-refractivity contribution is -0.194. The van der Waals surface area contributed by atoms with Gasteiger partial charge in [0.25, 0.3) is 0 Å². The van der Waals surface area contributed by atoms with Gasteiger partial charge in [0.15, 0.2) is 0 Å². The van der Waals surface area contributed by atoms with Gasteiger partial charge in [-0.15, -0.1) is 0 Å². The summed E-state index contributed by atoms with van der Waals surface area (Å²) in [6.45, 7) is 0.274. The maximum Gasteiger partial charge on any atom is 0.315 e. The molecule has 1 saturated heterocycles. The maximum absolute atomic E-state index is 12.7. The van der Waals surface area contributed by atoms with Gasteiger partial charge < -0.3 is 9.47 Å². The molecule has 1 heterocycles. The fourth-order valence-corrected chi connectivity index (χ4v) is 5.85. The lowest BCUT2D eigenvalue weighted by Crippen LogP contribution is -2.49. The van der Waals surface area contributed by atoms with Gasteiger partial charge >= 0.3 is 5.97 Å². The van der Waals surface area contributed by atoms with Crippen molar-refractivity contribution in [2.45, 2.75) is 31.0 Å². The molecular formula is C38H34O3. The lowest BCUT2D eigenvalue weighted by atomic mass is 9.79. The Morgan fingerprint density at radius 1 is 0.585 bits per heavy atom. The zero-order valence-electron chi connectivity index (χ0n) is 23.1. The Balaban J connectivity index is 1.20. The van der Waals surface area contributed by atoms with E-state index < -0.39 is 5.60 Å². The molecule has 204 valence electrons. The van der Waals surface area contributed by atoms with Gasteiger partial charge in [-0.05, 0) is 52.6 Å². The van der Waals surface area contributed by atoms with Crippen molar-refractivity contribution in [1.29, 1.82) is 0 Å². The Bertz CT molecular complexity index is 1450. The number of carbonyl (C=O) groups excluding carboxylic acids is 1. The molecule has 0 bridgehead atoms. The van der Waals surface area contributed by atoms with Crippen LogP contribution in [-0.2, 0) is 32.7 Å². The number of carbonyl (C=O) groups is 1. The highest BCUT2D eigenvalue weighted by Crippen LogP contribution is 2.42. The van der Waals surface area contributed by atoms with Gasteiger partial charge in [-0.1, -0.05) is 146 Å². The topological polar surface area (TPSA) is 35.5 Å². The Morgan fingerprint density at radius 3 is 1.61 bits per heavy atom. The Labute approximate surface area is 242 Å². The molecule has 0 radical (unpaired) electrons. The average Bonchev–Trinajstić information content (AvgIpc) is 3.03. The Hall–Kier alpha value is -4.47. The van der Waals surface area contributed by atoms with E-state index in [2.05, 4.69) is 84.9 Å². The van der Waals surface area contributed by atoms with Crippen molar-refractivity contribution in [2.75, 3.05) is 6.61 Å². The van der Waals surface area contributed by atoms with Crippen LogP contribution in [-0.4, -0.2) is 18.7 Å². The first-order chi connectivity index (χ1) is 20.2. The smallest absolute Gasteiger partial charge is 0.315 e. The highest BCUT2D eigenvalue weighted by molar-refractivity contribution is 5.78. The summed E-state index contributed by atoms with van der Waals surface area (Å²) in [7, 11) is 0. The molecule has 0 N–H and O–H groups in total. The molecule has 0 saturated carbocycles. The monoisotopic (exact) mass is 538 g/mol. The highest BCUT2D eigenvalue weighted by atomic mass is 16.6. The molecule has 5 aromatic carbocycles. The maximum atomic E-state index is 12.7. The summed E-state index contributed by atoms with van der Waals surface area (Å²) in [5.41, 5.74) is 6.07. The Morgan fingerprint density at radius 2 is 1.07 bits per heavy atom. The van der Waals surface area contributed by atoms with E-state index in [0.717, 1.165) is 36.0 Å². The molecule has 1 aliphatic rings. The molecule has 3 heteroatoms. The molecule has 2 atom stereocenters. The van der Waals surface area contributed by atoms with Crippen LogP contribution in [0.1, 0.15) is 39.8 Å². The van der Waals surface area contributed by atoms with Crippen LogP contribution < -0.4 is 0 Å². The van der Waals surface area contributed by atoms with Crippen molar-refractivity contribution >= 4 is 5.97 Å².